The van der Waals surface area contributed by atoms with Crippen molar-refractivity contribution in [2.75, 3.05) is 32.7 Å². The second-order valence-electron chi connectivity index (χ2n) is 17.2. The number of nitrogens with one attached hydrogen (secondary N) is 6. The molecule has 1 fully saturated rings. The molecule has 24 heteroatoms. The summed E-state index contributed by atoms with van der Waals surface area (Å²) >= 11 is 0. The molecule has 0 saturated carbocycles. The SMILES string of the molecule is C=C1C(=O)N[C@H](C)C(=O)N[C@@H](CC[S@](C)=O)C(=O)N[C@@H](C(=O)O)CC(=O)N[C@@H](CCCN=C(N)N)C(=O)N[C@@H](/C=C/C(C)=C/[C@H](C)[C@H](Cc2ccccc2)OC)[C@H](C)C(=O)N[C@@H](C(=O)O)CCC(=O)N1C. The molecule has 1 aromatic carbocycles. The van der Waals surface area contributed by atoms with E-state index in [9.17, 15) is 57.6 Å². The van der Waals surface area contributed by atoms with Crippen LogP contribution in [-0.2, 0) is 65.1 Å². The summed E-state index contributed by atoms with van der Waals surface area (Å²) in [7, 11) is 1.30. The number of carboxylic acid groups (broad SMARTS) is 2. The molecule has 7 amide bonds. The molecule has 0 spiro atoms. The fraction of sp³-hybridized carbons (Fsp3) is 0.532. The molecule has 23 nitrogen and oxygen atoms in total. The minimum Gasteiger partial charge on any atom is -0.480 e. The second kappa shape index (κ2) is 29.9. The molecule has 1 saturated heterocycles. The summed E-state index contributed by atoms with van der Waals surface area (Å²) in [6.45, 7) is 10.0. The molecule has 0 radical (unpaired) electrons. The van der Waals surface area contributed by atoms with Gasteiger partial charge in [-0.2, -0.15) is 0 Å². The van der Waals surface area contributed by atoms with Crippen LogP contribution in [0.4, 0.5) is 0 Å². The predicted molar refractivity (Wildman–Crippen MR) is 264 cm³/mol. The summed E-state index contributed by atoms with van der Waals surface area (Å²) in [5.74, 6) is -11.4. The van der Waals surface area contributed by atoms with Gasteiger partial charge in [0.05, 0.1) is 24.5 Å². The zero-order chi connectivity index (χ0) is 53.5. The number of nitrogens with zero attached hydrogens (tertiary/aromatic N) is 2. The molecule has 10 atom stereocenters. The van der Waals surface area contributed by atoms with E-state index in [1.807, 2.05) is 43.3 Å². The highest BCUT2D eigenvalue weighted by molar-refractivity contribution is 7.84. The van der Waals surface area contributed by atoms with E-state index in [2.05, 4.69) is 43.5 Å². The van der Waals surface area contributed by atoms with Gasteiger partial charge in [-0.05, 0) is 51.5 Å². The molecule has 0 aromatic heterocycles. The van der Waals surface area contributed by atoms with E-state index in [4.69, 9.17) is 16.2 Å². The molecule has 1 aliphatic rings. The smallest absolute Gasteiger partial charge is 0.326 e. The number of carbonyl (C=O) groups excluding carboxylic acids is 7. The molecule has 392 valence electrons. The van der Waals surface area contributed by atoms with E-state index in [1.165, 1.54) is 33.2 Å². The largest absolute Gasteiger partial charge is 0.480 e. The minimum absolute atomic E-state index is 0.00772. The van der Waals surface area contributed by atoms with Crippen molar-refractivity contribution in [1.29, 1.82) is 0 Å². The fourth-order valence-electron chi connectivity index (χ4n) is 7.11. The van der Waals surface area contributed by atoms with Crippen LogP contribution in [0.3, 0.4) is 0 Å². The molecular formula is C47H70N10O13S. The van der Waals surface area contributed by atoms with Crippen molar-refractivity contribution in [2.45, 2.75) is 115 Å². The number of aliphatic imine (C=N–C) groups is 1. The van der Waals surface area contributed by atoms with Gasteiger partial charge in [-0.25, -0.2) is 9.59 Å². The maximum absolute atomic E-state index is 14.3. The number of amides is 7. The Balaban J connectivity index is 2.69. The number of carbonyl (C=O) groups is 9. The van der Waals surface area contributed by atoms with Crippen LogP contribution >= 0.6 is 0 Å². The van der Waals surface area contributed by atoms with Crippen molar-refractivity contribution >= 4 is 70.0 Å². The van der Waals surface area contributed by atoms with E-state index in [0.29, 0.717) is 12.0 Å². The van der Waals surface area contributed by atoms with Crippen LogP contribution in [0.25, 0.3) is 0 Å². The van der Waals surface area contributed by atoms with E-state index in [1.54, 1.807) is 20.1 Å². The molecule has 2 rings (SSSR count). The molecule has 0 bridgehead atoms. The van der Waals surface area contributed by atoms with Crippen LogP contribution in [0.5, 0.6) is 0 Å². The van der Waals surface area contributed by atoms with Crippen LogP contribution in [0, 0.1) is 11.8 Å². The minimum atomic E-state index is -1.92. The summed E-state index contributed by atoms with van der Waals surface area (Å²) in [4.78, 5) is 125. The van der Waals surface area contributed by atoms with Gasteiger partial charge < -0.3 is 63.2 Å². The summed E-state index contributed by atoms with van der Waals surface area (Å²) in [6, 6.07) is 0.631. The molecule has 1 heterocycles. The molecule has 0 unspecified atom stereocenters. The molecular weight excluding hydrogens is 945 g/mol. The zero-order valence-electron chi connectivity index (χ0n) is 41.2. The molecule has 71 heavy (non-hydrogen) atoms. The van der Waals surface area contributed by atoms with Crippen molar-refractivity contribution in [1.82, 2.24) is 36.8 Å². The Kier molecular flexibility index (Phi) is 25.4. The molecule has 12 N–H and O–H groups in total. The monoisotopic (exact) mass is 1010 g/mol. The zero-order valence-corrected chi connectivity index (χ0v) is 42.0. The number of allylic oxidation sites excluding steroid dienone is 2. The lowest BCUT2D eigenvalue weighted by atomic mass is 9.94. The number of hydrogen-bond donors (Lipinski definition) is 10. The van der Waals surface area contributed by atoms with Crippen molar-refractivity contribution in [3.8, 4) is 0 Å². The van der Waals surface area contributed by atoms with Gasteiger partial charge in [-0.1, -0.05) is 74.6 Å². The number of nitrogens with two attached hydrogens (primary N) is 2. The maximum Gasteiger partial charge on any atom is 0.326 e. The summed E-state index contributed by atoms with van der Waals surface area (Å²) < 4.78 is 17.8. The average molecular weight is 1020 g/mol. The predicted octanol–water partition coefficient (Wildman–Crippen LogP) is -0.905. The van der Waals surface area contributed by atoms with Crippen LogP contribution in [0.15, 0.2) is 71.4 Å². The fourth-order valence-corrected chi connectivity index (χ4v) is 7.68. The number of guanidine groups is 1. The van der Waals surface area contributed by atoms with Gasteiger partial charge >= 0.3 is 11.9 Å². The molecule has 1 aromatic rings. The lowest BCUT2D eigenvalue weighted by Gasteiger charge is -2.27. The Hall–Kier alpha value is -6.95. The summed E-state index contributed by atoms with van der Waals surface area (Å²) in [6.07, 6.45) is 4.64. The van der Waals surface area contributed by atoms with Crippen molar-refractivity contribution in [2.24, 2.45) is 28.3 Å². The highest BCUT2D eigenvalue weighted by Crippen LogP contribution is 2.18. The molecule has 0 aliphatic carbocycles. The van der Waals surface area contributed by atoms with Crippen LogP contribution < -0.4 is 43.4 Å². The topological polar surface area (TPSA) is 360 Å². The number of rotatable bonds is 16. The van der Waals surface area contributed by atoms with Crippen molar-refractivity contribution < 1.29 is 62.3 Å². The first kappa shape index (κ1) is 60.2. The van der Waals surface area contributed by atoms with Crippen LogP contribution in [-0.4, -0.2) is 154 Å². The van der Waals surface area contributed by atoms with Gasteiger partial charge in [-0.15, -0.1) is 0 Å². The number of hydrogen-bond acceptors (Lipinski definition) is 12. The maximum atomic E-state index is 14.3. The lowest BCUT2D eigenvalue weighted by Crippen LogP contribution is -2.57. The average Bonchev–Trinajstić information content (AvgIpc) is 3.31. The van der Waals surface area contributed by atoms with E-state index in [-0.39, 0.29) is 49.5 Å². The van der Waals surface area contributed by atoms with Gasteiger partial charge in [0.15, 0.2) is 5.96 Å². The van der Waals surface area contributed by atoms with E-state index in [0.717, 1.165) is 10.5 Å². The van der Waals surface area contributed by atoms with Gasteiger partial charge in [0.25, 0.3) is 5.91 Å². The van der Waals surface area contributed by atoms with Gasteiger partial charge in [-0.3, -0.25) is 42.8 Å². The van der Waals surface area contributed by atoms with Gasteiger partial charge in [0, 0.05) is 55.8 Å². The summed E-state index contributed by atoms with van der Waals surface area (Å²) in [5.41, 5.74) is 12.3. The standard InChI is InChI=1S/C47H70N10O13S/c1-26(23-27(2)37(70-7)24-31-13-10-9-11-14-31)16-17-32-28(3)40(60)55-35(45(65)66)18-19-39(59)57(6)30(5)42(62)51-29(4)41(61)54-34(20-22-71(8)69)44(64)56-36(46(67)68)25-38(58)52-33(43(63)53-32)15-12-21-50-47(48)49/h9-11,13-14,16-17,23,27-29,32-37H,5,12,15,18-22,24-25H2,1-4,6-8H3,(H,51,62)(H,52,58)(H,53,63)(H,54,61)(H,55,60)(H,56,64)(H,65,66)(H,67,68)(H4,48,49,50)/b17-16+,26-23+/t27-,28-,29+,32-,33-,34-,35+,36+,37-,71-/m0/s1. The summed E-state index contributed by atoms with van der Waals surface area (Å²) in [5, 5.41) is 34.8. The first-order valence-electron chi connectivity index (χ1n) is 22.9. The van der Waals surface area contributed by atoms with Gasteiger partial charge in [0.2, 0.25) is 35.4 Å². The Bertz CT molecular complexity index is 2200. The number of ether oxygens (including phenoxy) is 1. The third kappa shape index (κ3) is 21.3. The Morgan fingerprint density at radius 1 is 0.901 bits per heavy atom. The Labute approximate surface area is 415 Å². The van der Waals surface area contributed by atoms with E-state index < -0.39 is 131 Å². The Morgan fingerprint density at radius 2 is 1.51 bits per heavy atom. The van der Waals surface area contributed by atoms with E-state index >= 15 is 0 Å². The highest BCUT2D eigenvalue weighted by atomic mass is 32.2. The third-order valence-corrected chi connectivity index (χ3v) is 12.3. The van der Waals surface area contributed by atoms with Crippen molar-refractivity contribution in [3.63, 3.8) is 0 Å². The highest BCUT2D eigenvalue weighted by Gasteiger charge is 2.34. The third-order valence-electron chi connectivity index (χ3n) is 11.5. The van der Waals surface area contributed by atoms with Crippen LogP contribution in [0.2, 0.25) is 0 Å². The number of aliphatic carboxylic acids is 2. The normalized spacial score (nSPS) is 24.6. The first-order valence-corrected chi connectivity index (χ1v) is 24.6. The quantitative estimate of drug-likeness (QED) is 0.0315. The van der Waals surface area contributed by atoms with Crippen LogP contribution in [0.1, 0.15) is 71.8 Å². The van der Waals surface area contributed by atoms with Gasteiger partial charge in [0.1, 0.15) is 35.9 Å². The Morgan fingerprint density at radius 3 is 2.10 bits per heavy atom. The number of methoxy groups -OCH3 is 1. The second-order valence-corrected chi connectivity index (χ2v) is 18.8. The number of carboxylic acids is 2. The number of likely N-dealkylation sites (N-methyl/N-ethyl adjacent to an activating group) is 1. The molecule has 1 aliphatic heterocycles. The number of benzene rings is 1. The van der Waals surface area contributed by atoms with Crippen molar-refractivity contribution in [3.05, 3.63) is 72.0 Å². The lowest BCUT2D eigenvalue weighted by molar-refractivity contribution is -0.144. The first-order chi connectivity index (χ1) is 33.3.